The number of nitrogens with one attached hydrogen (secondary N) is 1. The van der Waals surface area contributed by atoms with E-state index in [1.54, 1.807) is 30.5 Å². The van der Waals surface area contributed by atoms with Gasteiger partial charge in [0.25, 0.3) is 0 Å². The van der Waals surface area contributed by atoms with Gasteiger partial charge in [0.2, 0.25) is 15.9 Å². The number of hydrogen-bond acceptors (Lipinski definition) is 5. The number of anilines is 1. The molecule has 1 aromatic carbocycles. The van der Waals surface area contributed by atoms with Gasteiger partial charge in [-0.05, 0) is 69.1 Å². The number of aryl methyl sites for hydroxylation is 1. The number of hydrogen-bond donors (Lipinski definition) is 1. The van der Waals surface area contributed by atoms with E-state index in [9.17, 15) is 13.2 Å². The van der Waals surface area contributed by atoms with Crippen molar-refractivity contribution in [1.82, 2.24) is 9.21 Å². The smallest absolute Gasteiger partial charge is 0.243 e. The maximum absolute atomic E-state index is 12.5. The van der Waals surface area contributed by atoms with Crippen LogP contribution < -0.4 is 5.32 Å². The Balaban J connectivity index is 1.96. The minimum absolute atomic E-state index is 0.128. The van der Waals surface area contributed by atoms with Crippen molar-refractivity contribution < 1.29 is 13.2 Å². The second kappa shape index (κ2) is 8.97. The van der Waals surface area contributed by atoms with E-state index in [4.69, 9.17) is 0 Å². The number of carbonyl (C=O) groups excluding carboxylic acids is 1. The van der Waals surface area contributed by atoms with E-state index in [1.165, 1.54) is 26.9 Å². The third-order valence-corrected chi connectivity index (χ3v) is 7.39. The number of carbonyl (C=O) groups is 1. The van der Waals surface area contributed by atoms with Crippen LogP contribution in [-0.2, 0) is 21.4 Å². The summed E-state index contributed by atoms with van der Waals surface area (Å²) in [5.41, 5.74) is 1.81. The molecule has 0 saturated heterocycles. The minimum atomic E-state index is -3.52. The molecule has 2 rings (SSSR count). The summed E-state index contributed by atoms with van der Waals surface area (Å²) in [6, 6.07) is 8.20. The van der Waals surface area contributed by atoms with Crippen LogP contribution in [0.25, 0.3) is 0 Å². The predicted molar refractivity (Wildman–Crippen MR) is 111 cm³/mol. The topological polar surface area (TPSA) is 69.7 Å². The first-order valence-electron chi connectivity index (χ1n) is 8.70. The van der Waals surface area contributed by atoms with Crippen molar-refractivity contribution in [3.8, 4) is 0 Å². The normalized spacial score (nSPS) is 12.1. The van der Waals surface area contributed by atoms with E-state index in [0.29, 0.717) is 5.69 Å². The highest BCUT2D eigenvalue weighted by Gasteiger charge is 2.22. The highest BCUT2D eigenvalue weighted by atomic mass is 32.2. The lowest BCUT2D eigenvalue weighted by atomic mass is 10.3. The fraction of sp³-hybridized carbons (Fsp3) is 0.421. The second-order valence-corrected chi connectivity index (χ2v) is 9.88. The summed E-state index contributed by atoms with van der Waals surface area (Å²) >= 11 is 1.68. The van der Waals surface area contributed by atoms with Gasteiger partial charge in [-0.25, -0.2) is 8.42 Å². The number of amides is 1. The zero-order chi connectivity index (χ0) is 20.2. The monoisotopic (exact) mass is 409 g/mol. The van der Waals surface area contributed by atoms with Crippen LogP contribution in [0.1, 0.15) is 24.3 Å². The molecule has 0 saturated carbocycles. The summed E-state index contributed by atoms with van der Waals surface area (Å²) in [6.07, 6.45) is 0. The Morgan fingerprint density at radius 2 is 1.78 bits per heavy atom. The Hall–Kier alpha value is -1.74. The SMILES string of the molecule is Cc1ccsc1CN(C)CC(=O)Nc1ccc(S(=O)(=O)N(C)C(C)C)cc1. The fourth-order valence-corrected chi connectivity index (χ4v) is 4.82. The van der Waals surface area contributed by atoms with Gasteiger partial charge in [-0.2, -0.15) is 4.31 Å². The molecule has 148 valence electrons. The number of sulfonamides is 1. The minimum Gasteiger partial charge on any atom is -0.325 e. The Bertz CT molecular complexity index is 874. The van der Waals surface area contributed by atoms with E-state index < -0.39 is 10.0 Å². The zero-order valence-electron chi connectivity index (χ0n) is 16.4. The summed E-state index contributed by atoms with van der Waals surface area (Å²) in [5.74, 6) is -0.137. The van der Waals surface area contributed by atoms with E-state index in [1.807, 2.05) is 31.2 Å². The van der Waals surface area contributed by atoms with Gasteiger partial charge in [0.15, 0.2) is 0 Å². The molecule has 0 fully saturated rings. The summed E-state index contributed by atoms with van der Waals surface area (Å²) in [6.45, 7) is 6.68. The van der Waals surface area contributed by atoms with Crippen LogP contribution in [0.4, 0.5) is 5.69 Å². The highest BCUT2D eigenvalue weighted by Crippen LogP contribution is 2.19. The molecule has 0 aliphatic heterocycles. The molecule has 0 spiro atoms. The molecule has 1 aromatic heterocycles. The first-order chi connectivity index (χ1) is 12.6. The van der Waals surface area contributed by atoms with Crippen molar-refractivity contribution in [2.75, 3.05) is 26.0 Å². The Labute approximate surface area is 165 Å². The van der Waals surface area contributed by atoms with Gasteiger partial charge in [-0.15, -0.1) is 11.3 Å². The van der Waals surface area contributed by atoms with E-state index >= 15 is 0 Å². The lowest BCUT2D eigenvalue weighted by Crippen LogP contribution is -2.33. The average Bonchev–Trinajstić information content (AvgIpc) is 2.99. The first kappa shape index (κ1) is 21.6. The van der Waals surface area contributed by atoms with Crippen LogP contribution >= 0.6 is 11.3 Å². The van der Waals surface area contributed by atoms with Crippen molar-refractivity contribution in [2.24, 2.45) is 0 Å². The Morgan fingerprint density at radius 1 is 1.15 bits per heavy atom. The van der Waals surface area contributed by atoms with Crippen LogP contribution in [0, 0.1) is 6.92 Å². The molecule has 1 amide bonds. The molecule has 0 unspecified atom stereocenters. The molecular formula is C19H27N3O3S2. The van der Waals surface area contributed by atoms with Crippen LogP contribution in [-0.4, -0.2) is 50.2 Å². The third-order valence-electron chi connectivity index (χ3n) is 4.34. The second-order valence-electron chi connectivity index (χ2n) is 6.89. The number of nitrogens with zero attached hydrogens (tertiary/aromatic N) is 2. The van der Waals surface area contributed by atoms with Crippen molar-refractivity contribution >= 4 is 33.0 Å². The summed E-state index contributed by atoms with van der Waals surface area (Å²) < 4.78 is 26.3. The fourth-order valence-electron chi connectivity index (χ4n) is 2.47. The molecule has 0 radical (unpaired) electrons. The number of likely N-dealkylation sites (N-methyl/N-ethyl adjacent to an activating group) is 1. The number of benzene rings is 1. The molecule has 0 aliphatic carbocycles. The molecular weight excluding hydrogens is 382 g/mol. The van der Waals surface area contributed by atoms with E-state index in [0.717, 1.165) is 6.54 Å². The summed E-state index contributed by atoms with van der Waals surface area (Å²) in [4.78, 5) is 15.6. The van der Waals surface area contributed by atoms with Gasteiger partial charge in [0.05, 0.1) is 11.4 Å². The van der Waals surface area contributed by atoms with Gasteiger partial charge in [0.1, 0.15) is 0 Å². The van der Waals surface area contributed by atoms with Crippen LogP contribution in [0.5, 0.6) is 0 Å². The summed E-state index contributed by atoms with van der Waals surface area (Å²) in [7, 11) is -0.0667. The molecule has 8 heteroatoms. The highest BCUT2D eigenvalue weighted by molar-refractivity contribution is 7.89. The Kier molecular flexibility index (Phi) is 7.16. The summed E-state index contributed by atoms with van der Waals surface area (Å²) in [5, 5.41) is 4.86. The average molecular weight is 410 g/mol. The van der Waals surface area contributed by atoms with Gasteiger partial charge in [-0.1, -0.05) is 0 Å². The number of rotatable bonds is 8. The number of thiophene rings is 1. The van der Waals surface area contributed by atoms with Crippen LogP contribution in [0.2, 0.25) is 0 Å². The van der Waals surface area contributed by atoms with Gasteiger partial charge in [0, 0.05) is 30.2 Å². The van der Waals surface area contributed by atoms with Crippen molar-refractivity contribution in [2.45, 2.75) is 38.3 Å². The van der Waals surface area contributed by atoms with Gasteiger partial charge >= 0.3 is 0 Å². The third kappa shape index (κ3) is 5.62. The van der Waals surface area contributed by atoms with Crippen LogP contribution in [0.15, 0.2) is 40.6 Å². The molecule has 6 nitrogen and oxygen atoms in total. The molecule has 0 atom stereocenters. The predicted octanol–water partition coefficient (Wildman–Crippen LogP) is 3.16. The van der Waals surface area contributed by atoms with Crippen molar-refractivity contribution in [3.63, 3.8) is 0 Å². The van der Waals surface area contributed by atoms with Crippen LogP contribution in [0.3, 0.4) is 0 Å². The molecule has 27 heavy (non-hydrogen) atoms. The van der Waals surface area contributed by atoms with Gasteiger partial charge < -0.3 is 5.32 Å². The largest absolute Gasteiger partial charge is 0.325 e. The first-order valence-corrected chi connectivity index (χ1v) is 11.0. The van der Waals surface area contributed by atoms with Crippen molar-refractivity contribution in [3.05, 3.63) is 46.2 Å². The molecule has 1 N–H and O–H groups in total. The zero-order valence-corrected chi connectivity index (χ0v) is 18.0. The lowest BCUT2D eigenvalue weighted by molar-refractivity contribution is -0.117. The molecule has 0 bridgehead atoms. The molecule has 0 aliphatic rings. The quantitative estimate of drug-likeness (QED) is 0.727. The van der Waals surface area contributed by atoms with Gasteiger partial charge in [-0.3, -0.25) is 9.69 Å². The van der Waals surface area contributed by atoms with Crippen molar-refractivity contribution in [1.29, 1.82) is 0 Å². The maximum Gasteiger partial charge on any atom is 0.243 e. The van der Waals surface area contributed by atoms with E-state index in [2.05, 4.69) is 18.3 Å². The standard InChI is InChI=1S/C19H27N3O3S2/c1-14(2)22(5)27(24,25)17-8-6-16(7-9-17)20-19(23)13-21(4)12-18-15(3)10-11-26-18/h6-11,14H,12-13H2,1-5H3,(H,20,23). The lowest BCUT2D eigenvalue weighted by Gasteiger charge is -2.21. The Morgan fingerprint density at radius 3 is 2.30 bits per heavy atom. The molecule has 1 heterocycles. The molecule has 2 aromatic rings. The van der Waals surface area contributed by atoms with E-state index in [-0.39, 0.29) is 23.4 Å². The maximum atomic E-state index is 12.5.